The van der Waals surface area contributed by atoms with E-state index in [1.165, 1.54) is 0 Å². The molecule has 0 aromatic carbocycles. The lowest BCUT2D eigenvalue weighted by Crippen LogP contribution is -2.53. The number of aliphatic hydroxyl groups is 1. The Balaban J connectivity index is 1.47. The molecule has 0 aliphatic carbocycles. The number of nitrogens with zero attached hydrogens (tertiary/aromatic N) is 5. The maximum Gasteiger partial charge on any atom is 0.270 e. The minimum atomic E-state index is -0.247. The molecular formula is C22H28N6O2. The number of likely N-dealkylation sites (tertiary alicyclic amines) is 1. The number of hydrogen-bond acceptors (Lipinski definition) is 7. The summed E-state index contributed by atoms with van der Waals surface area (Å²) in [5.74, 6) is 1.30. The molecule has 158 valence electrons. The minimum absolute atomic E-state index is 0.129. The van der Waals surface area contributed by atoms with Crippen molar-refractivity contribution in [2.45, 2.75) is 31.8 Å². The van der Waals surface area contributed by atoms with Gasteiger partial charge in [-0.1, -0.05) is 0 Å². The van der Waals surface area contributed by atoms with Crippen molar-refractivity contribution in [3.8, 4) is 11.4 Å². The monoisotopic (exact) mass is 408 g/mol. The van der Waals surface area contributed by atoms with Gasteiger partial charge >= 0.3 is 0 Å². The maximum atomic E-state index is 12.5. The summed E-state index contributed by atoms with van der Waals surface area (Å²) in [5.41, 5.74) is 2.41. The number of aromatic nitrogens is 3. The van der Waals surface area contributed by atoms with Gasteiger partial charge in [0, 0.05) is 56.2 Å². The SMILES string of the molecule is CN1CC(O)CC2(CCN(c3nc(-c4cccnc4)nc4c3CCNC4=O)CC2)C1. The molecule has 1 atom stereocenters. The van der Waals surface area contributed by atoms with E-state index in [-0.39, 0.29) is 17.4 Å². The van der Waals surface area contributed by atoms with Crippen LogP contribution >= 0.6 is 0 Å². The Morgan fingerprint density at radius 2 is 2.10 bits per heavy atom. The summed E-state index contributed by atoms with van der Waals surface area (Å²) in [5, 5.41) is 13.2. The number of amides is 1. The summed E-state index contributed by atoms with van der Waals surface area (Å²) < 4.78 is 0. The third-order valence-corrected chi connectivity index (χ3v) is 6.70. The van der Waals surface area contributed by atoms with Gasteiger partial charge in [-0.15, -0.1) is 0 Å². The predicted molar refractivity (Wildman–Crippen MR) is 113 cm³/mol. The molecule has 5 heterocycles. The van der Waals surface area contributed by atoms with E-state index in [1.807, 2.05) is 12.1 Å². The van der Waals surface area contributed by atoms with Crippen LogP contribution in [-0.4, -0.2) is 76.7 Å². The van der Waals surface area contributed by atoms with Crippen LogP contribution in [0.3, 0.4) is 0 Å². The molecule has 0 radical (unpaired) electrons. The molecule has 30 heavy (non-hydrogen) atoms. The topological polar surface area (TPSA) is 94.5 Å². The summed E-state index contributed by atoms with van der Waals surface area (Å²) in [6.07, 6.45) is 6.85. The molecule has 5 rings (SSSR count). The van der Waals surface area contributed by atoms with Crippen molar-refractivity contribution in [1.29, 1.82) is 0 Å². The number of aliphatic hydroxyl groups excluding tert-OH is 1. The van der Waals surface area contributed by atoms with Crippen molar-refractivity contribution in [3.05, 3.63) is 35.8 Å². The Labute approximate surface area is 176 Å². The van der Waals surface area contributed by atoms with E-state index in [0.717, 1.165) is 68.8 Å². The summed E-state index contributed by atoms with van der Waals surface area (Å²) in [4.78, 5) is 30.8. The number of pyridine rings is 1. The Morgan fingerprint density at radius 1 is 1.27 bits per heavy atom. The van der Waals surface area contributed by atoms with Crippen molar-refractivity contribution in [3.63, 3.8) is 0 Å². The van der Waals surface area contributed by atoms with Crippen molar-refractivity contribution in [1.82, 2.24) is 25.2 Å². The van der Waals surface area contributed by atoms with Gasteiger partial charge < -0.3 is 20.2 Å². The molecule has 2 saturated heterocycles. The van der Waals surface area contributed by atoms with Crippen molar-refractivity contribution in [2.24, 2.45) is 5.41 Å². The first kappa shape index (κ1) is 19.4. The number of anilines is 1. The zero-order chi connectivity index (χ0) is 20.7. The Morgan fingerprint density at radius 3 is 2.83 bits per heavy atom. The molecule has 2 fully saturated rings. The Kier molecular flexibility index (Phi) is 4.91. The van der Waals surface area contributed by atoms with Crippen LogP contribution in [0.15, 0.2) is 24.5 Å². The molecule has 2 aromatic heterocycles. The third kappa shape index (κ3) is 3.54. The standard InChI is InChI=1S/C22H28N6O2/c1-27-13-16(29)11-22(14-27)5-9-28(10-6-22)20-17-4-8-24-21(30)18(17)25-19(26-20)15-3-2-7-23-12-15/h2-3,7,12,16,29H,4-6,8-11,13-14H2,1H3,(H,24,30). The number of hydrogen-bond donors (Lipinski definition) is 2. The second-order valence-electron chi connectivity index (χ2n) is 8.99. The second kappa shape index (κ2) is 7.59. The summed E-state index contributed by atoms with van der Waals surface area (Å²) >= 11 is 0. The number of β-amino-alcohol motifs (C(OH)–C–C–N with tert-alkyl or cyclic N) is 1. The van der Waals surface area contributed by atoms with Gasteiger partial charge in [0.1, 0.15) is 11.5 Å². The number of likely N-dealkylation sites (N-methyl/N-ethyl adjacent to an activating group) is 1. The number of fused-ring (bicyclic) bond motifs is 1. The van der Waals surface area contributed by atoms with Gasteiger partial charge in [-0.2, -0.15) is 0 Å². The van der Waals surface area contributed by atoms with Gasteiger partial charge in [-0.3, -0.25) is 9.78 Å². The number of carbonyl (C=O) groups is 1. The number of piperidine rings is 2. The highest BCUT2D eigenvalue weighted by atomic mass is 16.3. The highest BCUT2D eigenvalue weighted by Crippen LogP contribution is 2.41. The molecule has 1 spiro atoms. The van der Waals surface area contributed by atoms with Gasteiger partial charge in [0.05, 0.1) is 6.10 Å². The third-order valence-electron chi connectivity index (χ3n) is 6.70. The van der Waals surface area contributed by atoms with E-state index in [4.69, 9.17) is 4.98 Å². The number of carbonyl (C=O) groups excluding carboxylic acids is 1. The van der Waals surface area contributed by atoms with Gasteiger partial charge in [-0.25, -0.2) is 9.97 Å². The highest BCUT2D eigenvalue weighted by molar-refractivity contribution is 5.96. The Bertz CT molecular complexity index is 930. The van der Waals surface area contributed by atoms with E-state index in [1.54, 1.807) is 12.4 Å². The van der Waals surface area contributed by atoms with E-state index in [0.29, 0.717) is 18.1 Å². The van der Waals surface area contributed by atoms with Crippen LogP contribution in [0.4, 0.5) is 5.82 Å². The quantitative estimate of drug-likeness (QED) is 0.769. The fraction of sp³-hybridized carbons (Fsp3) is 0.545. The maximum absolute atomic E-state index is 12.5. The zero-order valence-corrected chi connectivity index (χ0v) is 17.3. The average Bonchev–Trinajstić information content (AvgIpc) is 2.74. The summed E-state index contributed by atoms with van der Waals surface area (Å²) in [6.45, 7) is 4.15. The van der Waals surface area contributed by atoms with Crippen LogP contribution in [0.1, 0.15) is 35.3 Å². The van der Waals surface area contributed by atoms with E-state index >= 15 is 0 Å². The molecule has 3 aliphatic rings. The second-order valence-corrected chi connectivity index (χ2v) is 8.99. The van der Waals surface area contributed by atoms with Gasteiger partial charge in [0.15, 0.2) is 5.82 Å². The molecule has 3 aliphatic heterocycles. The smallest absolute Gasteiger partial charge is 0.270 e. The van der Waals surface area contributed by atoms with E-state index in [2.05, 4.69) is 32.1 Å². The van der Waals surface area contributed by atoms with Crippen LogP contribution in [0.5, 0.6) is 0 Å². The van der Waals surface area contributed by atoms with E-state index < -0.39 is 0 Å². The van der Waals surface area contributed by atoms with Crippen LogP contribution in [0.2, 0.25) is 0 Å². The minimum Gasteiger partial charge on any atom is -0.392 e. The zero-order valence-electron chi connectivity index (χ0n) is 17.3. The van der Waals surface area contributed by atoms with Crippen LogP contribution < -0.4 is 10.2 Å². The number of nitrogens with one attached hydrogen (secondary N) is 1. The number of rotatable bonds is 2. The average molecular weight is 409 g/mol. The molecule has 8 heteroatoms. The Hall–Kier alpha value is -2.58. The van der Waals surface area contributed by atoms with Crippen LogP contribution in [0, 0.1) is 5.41 Å². The molecule has 8 nitrogen and oxygen atoms in total. The molecule has 2 aromatic rings. The fourth-order valence-electron chi connectivity index (χ4n) is 5.34. The van der Waals surface area contributed by atoms with Crippen molar-refractivity contribution >= 4 is 11.7 Å². The molecule has 1 amide bonds. The lowest BCUT2D eigenvalue weighted by atomic mass is 9.71. The molecule has 2 N–H and O–H groups in total. The van der Waals surface area contributed by atoms with Crippen LogP contribution in [0.25, 0.3) is 11.4 Å². The van der Waals surface area contributed by atoms with Crippen LogP contribution in [-0.2, 0) is 6.42 Å². The highest BCUT2D eigenvalue weighted by Gasteiger charge is 2.41. The molecule has 1 unspecified atom stereocenters. The summed E-state index contributed by atoms with van der Waals surface area (Å²) in [6, 6.07) is 3.77. The largest absolute Gasteiger partial charge is 0.392 e. The molecular weight excluding hydrogens is 380 g/mol. The van der Waals surface area contributed by atoms with Gasteiger partial charge in [-0.05, 0) is 50.3 Å². The molecule has 0 saturated carbocycles. The van der Waals surface area contributed by atoms with Crippen molar-refractivity contribution < 1.29 is 9.90 Å². The normalized spacial score (nSPS) is 23.9. The van der Waals surface area contributed by atoms with Gasteiger partial charge in [0.25, 0.3) is 5.91 Å². The van der Waals surface area contributed by atoms with Crippen molar-refractivity contribution in [2.75, 3.05) is 44.7 Å². The summed E-state index contributed by atoms with van der Waals surface area (Å²) in [7, 11) is 2.09. The lowest BCUT2D eigenvalue weighted by molar-refractivity contribution is -0.0112. The predicted octanol–water partition coefficient (Wildman–Crippen LogP) is 1.11. The first-order chi connectivity index (χ1) is 14.5. The lowest BCUT2D eigenvalue weighted by Gasteiger charge is -2.48. The molecule has 0 bridgehead atoms. The van der Waals surface area contributed by atoms with E-state index in [9.17, 15) is 9.90 Å². The fourth-order valence-corrected chi connectivity index (χ4v) is 5.34. The van der Waals surface area contributed by atoms with Gasteiger partial charge in [0.2, 0.25) is 0 Å². The first-order valence-electron chi connectivity index (χ1n) is 10.7. The first-order valence-corrected chi connectivity index (χ1v) is 10.7.